The van der Waals surface area contributed by atoms with E-state index in [4.69, 9.17) is 5.11 Å². The van der Waals surface area contributed by atoms with Gasteiger partial charge < -0.3 is 10.2 Å². The highest BCUT2D eigenvalue weighted by Gasteiger charge is 2.24. The van der Waals surface area contributed by atoms with Gasteiger partial charge in [0.15, 0.2) is 5.78 Å². The summed E-state index contributed by atoms with van der Waals surface area (Å²) in [6, 6.07) is 2.78. The average molecular weight is 237 g/mol. The number of aryl methyl sites for hydroxylation is 1. The maximum atomic E-state index is 11.6. The van der Waals surface area contributed by atoms with Gasteiger partial charge in [0.2, 0.25) is 0 Å². The molecule has 2 N–H and O–H groups in total. The smallest absolute Gasteiger partial charge is 0.335 e. The minimum Gasteiger partial charge on any atom is -0.478 e. The number of aromatic carboxylic acids is 1. The number of ketones is 1. The minimum absolute atomic E-state index is 0.0779. The lowest BCUT2D eigenvalue weighted by atomic mass is 9.99. The molecule has 0 saturated heterocycles. The second-order valence-corrected chi connectivity index (χ2v) is 4.45. The second kappa shape index (κ2) is 4.63. The number of rotatable bonds is 4. The molecule has 5 nitrogen and oxygen atoms in total. The Morgan fingerprint density at radius 2 is 1.94 bits per heavy atom. The maximum Gasteiger partial charge on any atom is 0.335 e. The molecule has 0 spiro atoms. The normalized spacial score (nSPS) is 11.3. The molecule has 1 aromatic heterocycles. The quantitative estimate of drug-likeness (QED) is 0.814. The fraction of sp³-hybridized carbons (Fsp3) is 0.417. The van der Waals surface area contributed by atoms with E-state index in [0.717, 1.165) is 0 Å². The van der Waals surface area contributed by atoms with Gasteiger partial charge in [-0.05, 0) is 32.9 Å². The zero-order valence-corrected chi connectivity index (χ0v) is 10.0. The van der Waals surface area contributed by atoms with Crippen LogP contribution in [-0.4, -0.2) is 32.6 Å². The second-order valence-electron chi connectivity index (χ2n) is 4.45. The predicted molar refractivity (Wildman–Crippen MR) is 60.9 cm³/mol. The van der Waals surface area contributed by atoms with Gasteiger partial charge in [0.25, 0.3) is 0 Å². The van der Waals surface area contributed by atoms with Crippen molar-refractivity contribution in [1.82, 2.24) is 4.98 Å². The number of carboxylic acids is 1. The summed E-state index contributed by atoms with van der Waals surface area (Å²) in [5.74, 6) is -1.46. The predicted octanol–water partition coefficient (Wildman–Crippen LogP) is 0.971. The molecule has 0 aliphatic carbocycles. The van der Waals surface area contributed by atoms with Crippen LogP contribution in [0, 0.1) is 6.92 Å². The molecule has 0 saturated carbocycles. The number of carboxylic acid groups (broad SMARTS) is 1. The van der Waals surface area contributed by atoms with Crippen LogP contribution in [-0.2, 0) is 11.2 Å². The van der Waals surface area contributed by atoms with Crippen molar-refractivity contribution in [3.8, 4) is 0 Å². The molecule has 0 aliphatic heterocycles. The molecule has 1 aromatic rings. The molecule has 5 heteroatoms. The van der Waals surface area contributed by atoms with E-state index in [1.807, 2.05) is 0 Å². The Hall–Kier alpha value is -1.75. The highest BCUT2D eigenvalue weighted by atomic mass is 16.4. The Balaban J connectivity index is 3.00. The number of carbonyl (C=O) groups is 2. The largest absolute Gasteiger partial charge is 0.478 e. The maximum absolute atomic E-state index is 11.6. The summed E-state index contributed by atoms with van der Waals surface area (Å²) in [4.78, 5) is 26.5. The van der Waals surface area contributed by atoms with E-state index in [9.17, 15) is 14.7 Å². The topological polar surface area (TPSA) is 87.5 Å². The van der Waals surface area contributed by atoms with Gasteiger partial charge in [0.05, 0.1) is 12.0 Å². The summed E-state index contributed by atoms with van der Waals surface area (Å²) >= 11 is 0. The van der Waals surface area contributed by atoms with Crippen LogP contribution in [0.2, 0.25) is 0 Å². The van der Waals surface area contributed by atoms with E-state index < -0.39 is 17.4 Å². The summed E-state index contributed by atoms with van der Waals surface area (Å²) in [6.07, 6.45) is -0.0779. The lowest BCUT2D eigenvalue weighted by molar-refractivity contribution is -0.133. The van der Waals surface area contributed by atoms with Crippen LogP contribution in [0.3, 0.4) is 0 Å². The molecule has 0 aromatic carbocycles. The van der Waals surface area contributed by atoms with Gasteiger partial charge in [0.1, 0.15) is 5.60 Å². The molecule has 1 rings (SSSR count). The number of pyridine rings is 1. The Kier molecular flexibility index (Phi) is 3.63. The van der Waals surface area contributed by atoms with Crippen LogP contribution < -0.4 is 0 Å². The summed E-state index contributed by atoms with van der Waals surface area (Å²) in [6.45, 7) is 4.44. The molecule has 0 aliphatic rings. The van der Waals surface area contributed by atoms with Crippen molar-refractivity contribution in [2.24, 2.45) is 0 Å². The summed E-state index contributed by atoms with van der Waals surface area (Å²) < 4.78 is 0. The number of hydrogen-bond acceptors (Lipinski definition) is 4. The first kappa shape index (κ1) is 13.3. The third-order valence-electron chi connectivity index (χ3n) is 2.28. The number of aromatic nitrogens is 1. The summed E-state index contributed by atoms with van der Waals surface area (Å²) in [7, 11) is 0. The van der Waals surface area contributed by atoms with Crippen molar-refractivity contribution >= 4 is 11.8 Å². The van der Waals surface area contributed by atoms with Gasteiger partial charge >= 0.3 is 5.97 Å². The van der Waals surface area contributed by atoms with E-state index in [0.29, 0.717) is 11.4 Å². The Morgan fingerprint density at radius 1 is 1.35 bits per heavy atom. The third kappa shape index (κ3) is 3.64. The van der Waals surface area contributed by atoms with Gasteiger partial charge in [-0.1, -0.05) is 0 Å². The number of carbonyl (C=O) groups excluding carboxylic acids is 1. The lowest BCUT2D eigenvalue weighted by Crippen LogP contribution is -2.32. The van der Waals surface area contributed by atoms with Gasteiger partial charge in [0, 0.05) is 11.4 Å². The molecule has 1 heterocycles. The van der Waals surface area contributed by atoms with Crippen molar-refractivity contribution in [3.05, 3.63) is 29.1 Å². The zero-order valence-electron chi connectivity index (χ0n) is 10.0. The molecular weight excluding hydrogens is 222 g/mol. The molecule has 0 atom stereocenters. The van der Waals surface area contributed by atoms with Crippen LogP contribution >= 0.6 is 0 Å². The fourth-order valence-electron chi connectivity index (χ4n) is 1.33. The molecular formula is C12H15NO4. The van der Waals surface area contributed by atoms with Crippen molar-refractivity contribution < 1.29 is 19.8 Å². The van der Waals surface area contributed by atoms with E-state index >= 15 is 0 Å². The zero-order chi connectivity index (χ0) is 13.2. The third-order valence-corrected chi connectivity index (χ3v) is 2.28. The van der Waals surface area contributed by atoms with Crippen molar-refractivity contribution in [2.45, 2.75) is 32.8 Å². The van der Waals surface area contributed by atoms with Gasteiger partial charge in [-0.3, -0.25) is 9.78 Å². The molecule has 0 radical (unpaired) electrons. The summed E-state index contributed by atoms with van der Waals surface area (Å²) in [5.41, 5.74) is -0.455. The van der Waals surface area contributed by atoms with Gasteiger partial charge in [-0.25, -0.2) is 4.79 Å². The molecule has 0 bridgehead atoms. The summed E-state index contributed by atoms with van der Waals surface area (Å²) in [5, 5.41) is 18.4. The molecule has 0 unspecified atom stereocenters. The minimum atomic E-state index is -1.44. The molecule has 0 fully saturated rings. The number of aliphatic hydroxyl groups is 1. The van der Waals surface area contributed by atoms with Crippen molar-refractivity contribution in [1.29, 1.82) is 0 Å². The van der Waals surface area contributed by atoms with E-state index in [1.54, 1.807) is 6.92 Å². The van der Waals surface area contributed by atoms with E-state index in [2.05, 4.69) is 4.98 Å². The van der Waals surface area contributed by atoms with E-state index in [1.165, 1.54) is 26.0 Å². The molecule has 0 amide bonds. The monoisotopic (exact) mass is 237 g/mol. The van der Waals surface area contributed by atoms with E-state index in [-0.39, 0.29) is 12.0 Å². The Labute approximate surface area is 99.1 Å². The first-order valence-corrected chi connectivity index (χ1v) is 5.16. The van der Waals surface area contributed by atoms with Crippen LogP contribution in [0.5, 0.6) is 0 Å². The highest BCUT2D eigenvalue weighted by molar-refractivity contribution is 5.90. The van der Waals surface area contributed by atoms with Crippen molar-refractivity contribution in [3.63, 3.8) is 0 Å². The van der Waals surface area contributed by atoms with Crippen molar-refractivity contribution in [2.75, 3.05) is 0 Å². The Bertz CT molecular complexity index is 460. The number of hydrogen-bond donors (Lipinski definition) is 2. The standard InChI is InChI=1S/C12H15NO4/c1-7-4-8(11(15)16)5-9(13-7)6-10(14)12(2,3)17/h4-5,17H,6H2,1-3H3,(H,15,16). The van der Waals surface area contributed by atoms with Gasteiger partial charge in [-0.15, -0.1) is 0 Å². The lowest BCUT2D eigenvalue weighted by Gasteiger charge is -2.15. The number of Topliss-reactive ketones (excluding diaryl/α,β-unsaturated/α-hetero) is 1. The van der Waals surface area contributed by atoms with Crippen LogP contribution in [0.25, 0.3) is 0 Å². The first-order valence-electron chi connectivity index (χ1n) is 5.16. The van der Waals surface area contributed by atoms with Gasteiger partial charge in [-0.2, -0.15) is 0 Å². The highest BCUT2D eigenvalue weighted by Crippen LogP contribution is 2.11. The first-order chi connectivity index (χ1) is 7.70. The SMILES string of the molecule is Cc1cc(C(=O)O)cc(CC(=O)C(C)(C)O)n1. The van der Waals surface area contributed by atoms with Crippen LogP contribution in [0.1, 0.15) is 35.6 Å². The molecule has 92 valence electrons. The molecule has 17 heavy (non-hydrogen) atoms. The fourth-order valence-corrected chi connectivity index (χ4v) is 1.33. The van der Waals surface area contributed by atoms with Crippen LogP contribution in [0.15, 0.2) is 12.1 Å². The van der Waals surface area contributed by atoms with Crippen LogP contribution in [0.4, 0.5) is 0 Å². The Morgan fingerprint density at radius 3 is 2.41 bits per heavy atom. The average Bonchev–Trinajstić information content (AvgIpc) is 2.14. The number of nitrogens with zero attached hydrogens (tertiary/aromatic N) is 1.